The molecule has 0 bridgehead atoms. The number of ether oxygens (including phenoxy) is 4. The fourth-order valence-electron chi connectivity index (χ4n) is 5.04. The molecular weight excluding hydrogens is 256 g/mol. The molecule has 5 rings (SSSR count). The van der Waals surface area contributed by atoms with Gasteiger partial charge in [-0.25, -0.2) is 0 Å². The van der Waals surface area contributed by atoms with Crippen LogP contribution in [0.5, 0.6) is 0 Å². The smallest absolute Gasteiger partial charge is 0.198 e. The molecule has 3 saturated heterocycles. The van der Waals surface area contributed by atoms with E-state index in [-0.39, 0.29) is 11.2 Å². The summed E-state index contributed by atoms with van der Waals surface area (Å²) in [5.74, 6) is -0.939. The molecule has 20 heavy (non-hydrogen) atoms. The van der Waals surface area contributed by atoms with E-state index >= 15 is 0 Å². The lowest BCUT2D eigenvalue weighted by Gasteiger charge is -2.67. The van der Waals surface area contributed by atoms with Gasteiger partial charge in [0.2, 0.25) is 0 Å². The van der Waals surface area contributed by atoms with Gasteiger partial charge in [0, 0.05) is 12.8 Å². The molecule has 0 aromatic carbocycles. The van der Waals surface area contributed by atoms with Gasteiger partial charge < -0.3 is 18.9 Å². The molecule has 4 nitrogen and oxygen atoms in total. The molecule has 3 aliphatic heterocycles. The highest BCUT2D eigenvalue weighted by atomic mass is 16.8. The molecule has 2 aliphatic carbocycles. The lowest BCUT2D eigenvalue weighted by atomic mass is 9.65. The second-order valence-corrected chi connectivity index (χ2v) is 7.31. The second kappa shape index (κ2) is 3.78. The molecule has 5 aliphatic rings. The maximum Gasteiger partial charge on any atom is 0.198 e. The Hall–Kier alpha value is -0.160. The van der Waals surface area contributed by atoms with Crippen molar-refractivity contribution in [2.24, 2.45) is 0 Å². The quantitative estimate of drug-likeness (QED) is 0.683. The lowest BCUT2D eigenvalue weighted by Crippen LogP contribution is -2.78. The highest BCUT2D eigenvalue weighted by Gasteiger charge is 2.75. The summed E-state index contributed by atoms with van der Waals surface area (Å²) in [6.07, 6.45) is 10.9. The highest BCUT2D eigenvalue weighted by molar-refractivity contribution is 5.16. The largest absolute Gasteiger partial charge is 0.347 e. The first-order valence-electron chi connectivity index (χ1n) is 8.42. The summed E-state index contributed by atoms with van der Waals surface area (Å²) in [6.45, 7) is 1.63. The monoisotopic (exact) mass is 280 g/mol. The van der Waals surface area contributed by atoms with Crippen LogP contribution >= 0.6 is 0 Å². The molecule has 5 fully saturated rings. The van der Waals surface area contributed by atoms with E-state index in [1.54, 1.807) is 0 Å². The van der Waals surface area contributed by atoms with E-state index in [2.05, 4.69) is 0 Å². The Morgan fingerprint density at radius 1 is 0.500 bits per heavy atom. The summed E-state index contributed by atoms with van der Waals surface area (Å²) in [7, 11) is 0. The Bertz CT molecular complexity index is 372. The van der Waals surface area contributed by atoms with Crippen LogP contribution in [-0.4, -0.2) is 36.0 Å². The van der Waals surface area contributed by atoms with Crippen molar-refractivity contribution in [3.8, 4) is 0 Å². The second-order valence-electron chi connectivity index (χ2n) is 7.31. The standard InChI is InChI=1S/C16H24O4/c1-5-13(6-1)15(9-3-11-17-15)20-14(7-2-8-14)16(19-13)10-4-12-18-16/h1-12H2/t15-,16+. The highest BCUT2D eigenvalue weighted by Crippen LogP contribution is 2.65. The van der Waals surface area contributed by atoms with Crippen molar-refractivity contribution in [3.05, 3.63) is 0 Å². The van der Waals surface area contributed by atoms with E-state index in [0.717, 1.165) is 64.6 Å². The van der Waals surface area contributed by atoms with Crippen LogP contribution < -0.4 is 0 Å². The minimum absolute atomic E-state index is 0.228. The van der Waals surface area contributed by atoms with E-state index in [0.29, 0.717) is 0 Å². The van der Waals surface area contributed by atoms with Crippen molar-refractivity contribution in [2.45, 2.75) is 87.0 Å². The van der Waals surface area contributed by atoms with Crippen LogP contribution in [0, 0.1) is 0 Å². The van der Waals surface area contributed by atoms with Crippen LogP contribution in [0.4, 0.5) is 0 Å². The van der Waals surface area contributed by atoms with Crippen LogP contribution in [0.25, 0.3) is 0 Å². The number of hydrogen-bond donors (Lipinski definition) is 0. The summed E-state index contributed by atoms with van der Waals surface area (Å²) >= 11 is 0. The Morgan fingerprint density at radius 2 is 0.950 bits per heavy atom. The van der Waals surface area contributed by atoms with E-state index < -0.39 is 11.6 Å². The molecule has 0 aromatic rings. The Balaban J connectivity index is 1.58. The van der Waals surface area contributed by atoms with Crippen LogP contribution in [0.1, 0.15) is 64.2 Å². The normalized spacial score (nSPS) is 48.0. The summed E-state index contributed by atoms with van der Waals surface area (Å²) in [5.41, 5.74) is -0.455. The fraction of sp³-hybridized carbons (Fsp3) is 1.00. The fourth-order valence-corrected chi connectivity index (χ4v) is 5.04. The van der Waals surface area contributed by atoms with Crippen LogP contribution in [0.2, 0.25) is 0 Å². The summed E-state index contributed by atoms with van der Waals surface area (Å²) < 4.78 is 25.9. The molecule has 4 spiro atoms. The van der Waals surface area contributed by atoms with Gasteiger partial charge in [-0.15, -0.1) is 0 Å². The molecule has 2 atom stereocenters. The van der Waals surface area contributed by atoms with Crippen LogP contribution in [0.3, 0.4) is 0 Å². The molecule has 0 unspecified atom stereocenters. The molecule has 3 heterocycles. The number of rotatable bonds is 0. The third kappa shape index (κ3) is 1.24. The Kier molecular flexibility index (Phi) is 2.34. The van der Waals surface area contributed by atoms with Gasteiger partial charge in [-0.1, -0.05) is 0 Å². The van der Waals surface area contributed by atoms with E-state index in [4.69, 9.17) is 18.9 Å². The summed E-state index contributed by atoms with van der Waals surface area (Å²) in [6, 6.07) is 0. The lowest BCUT2D eigenvalue weighted by molar-refractivity contribution is -0.508. The molecular formula is C16H24O4. The van der Waals surface area contributed by atoms with Gasteiger partial charge in [0.25, 0.3) is 0 Å². The molecule has 0 radical (unpaired) electrons. The molecule has 0 amide bonds. The summed E-state index contributed by atoms with van der Waals surface area (Å²) in [5, 5.41) is 0. The van der Waals surface area contributed by atoms with Gasteiger partial charge in [-0.3, -0.25) is 0 Å². The van der Waals surface area contributed by atoms with E-state index in [9.17, 15) is 0 Å². The van der Waals surface area contributed by atoms with Crippen molar-refractivity contribution in [1.82, 2.24) is 0 Å². The maximum atomic E-state index is 6.78. The number of fused-ring (bicyclic) bond motifs is 2. The third-order valence-electron chi connectivity index (χ3n) is 6.40. The van der Waals surface area contributed by atoms with Crippen molar-refractivity contribution in [3.63, 3.8) is 0 Å². The van der Waals surface area contributed by atoms with E-state index in [1.807, 2.05) is 0 Å². The zero-order valence-corrected chi connectivity index (χ0v) is 12.1. The predicted octanol–water partition coefficient (Wildman–Crippen LogP) is 2.89. The molecule has 2 saturated carbocycles. The first-order chi connectivity index (χ1) is 9.74. The molecule has 112 valence electrons. The minimum Gasteiger partial charge on any atom is -0.347 e. The van der Waals surface area contributed by atoms with Gasteiger partial charge in [0.15, 0.2) is 11.6 Å². The third-order valence-corrected chi connectivity index (χ3v) is 6.40. The van der Waals surface area contributed by atoms with Crippen molar-refractivity contribution in [2.75, 3.05) is 13.2 Å². The SMILES string of the molecule is C1CC2(C1)O[C@]1(CCCO1)C1(CCC1)O[C@@]21CCCO1. The van der Waals surface area contributed by atoms with Crippen molar-refractivity contribution < 1.29 is 18.9 Å². The van der Waals surface area contributed by atoms with Crippen molar-refractivity contribution in [1.29, 1.82) is 0 Å². The Morgan fingerprint density at radius 3 is 1.20 bits per heavy atom. The zero-order valence-electron chi connectivity index (χ0n) is 12.1. The average Bonchev–Trinajstić information content (AvgIpc) is 2.98. The van der Waals surface area contributed by atoms with Crippen molar-refractivity contribution >= 4 is 0 Å². The van der Waals surface area contributed by atoms with Gasteiger partial charge in [-0.05, 0) is 51.4 Å². The summed E-state index contributed by atoms with van der Waals surface area (Å²) in [4.78, 5) is 0. The molecule has 4 heteroatoms. The average molecular weight is 280 g/mol. The van der Waals surface area contributed by atoms with Crippen LogP contribution in [0.15, 0.2) is 0 Å². The van der Waals surface area contributed by atoms with Crippen LogP contribution in [-0.2, 0) is 18.9 Å². The molecule has 0 aromatic heterocycles. The van der Waals surface area contributed by atoms with Gasteiger partial charge >= 0.3 is 0 Å². The maximum absolute atomic E-state index is 6.78. The van der Waals surface area contributed by atoms with Gasteiger partial charge in [0.1, 0.15) is 11.2 Å². The minimum atomic E-state index is -0.469. The van der Waals surface area contributed by atoms with Gasteiger partial charge in [0.05, 0.1) is 13.2 Å². The first-order valence-corrected chi connectivity index (χ1v) is 8.42. The van der Waals surface area contributed by atoms with Gasteiger partial charge in [-0.2, -0.15) is 0 Å². The molecule has 0 N–H and O–H groups in total. The zero-order chi connectivity index (χ0) is 13.3. The van der Waals surface area contributed by atoms with E-state index in [1.165, 1.54) is 12.8 Å². The topological polar surface area (TPSA) is 36.9 Å². The predicted molar refractivity (Wildman–Crippen MR) is 71.2 cm³/mol. The number of hydrogen-bond acceptors (Lipinski definition) is 4. The Labute approximate surface area is 120 Å². The first kappa shape index (κ1) is 12.4.